The third kappa shape index (κ3) is 2.36. The number of carbonyl (C=O) groups is 1. The predicted octanol–water partition coefficient (Wildman–Crippen LogP) is 2.43. The quantitative estimate of drug-likeness (QED) is 0.485. The number of nitrogens with zero attached hydrogens (tertiary/aromatic N) is 3. The minimum Gasteiger partial charge on any atom is -0.282 e. The molecule has 0 aliphatic rings. The Bertz CT molecular complexity index is 678. The Morgan fingerprint density at radius 3 is 2.35 bits per heavy atom. The monoisotopic (exact) mass is 295 g/mol. The summed E-state index contributed by atoms with van der Waals surface area (Å²) in [5.74, 6) is -7.24. The van der Waals surface area contributed by atoms with Crippen molar-refractivity contribution in [1.82, 2.24) is 15.0 Å². The molecule has 0 fully saturated rings. The fourth-order valence-corrected chi connectivity index (χ4v) is 1.32. The van der Waals surface area contributed by atoms with Crippen LogP contribution in [0.2, 0.25) is 0 Å². The molecule has 1 heterocycles. The summed E-state index contributed by atoms with van der Waals surface area (Å²) >= 11 is 0. The molecule has 2 aromatic rings. The van der Waals surface area contributed by atoms with Crippen molar-refractivity contribution in [2.24, 2.45) is 0 Å². The Labute approximate surface area is 106 Å². The maximum absolute atomic E-state index is 13.4. The third-order valence-electron chi connectivity index (χ3n) is 2.25. The first-order valence-electron chi connectivity index (χ1n) is 4.89. The molecule has 0 radical (unpaired) electrons. The van der Waals surface area contributed by atoms with Crippen molar-refractivity contribution >= 4 is 5.78 Å². The van der Waals surface area contributed by atoms with E-state index < -0.39 is 40.8 Å². The SMILES string of the molecule is O=C(c1cn(-c2ccc(F)c(F)c2F)nn1)C(F)(F)F. The maximum atomic E-state index is 13.4. The van der Waals surface area contributed by atoms with Gasteiger partial charge in [-0.2, -0.15) is 13.2 Å². The van der Waals surface area contributed by atoms with E-state index >= 15 is 0 Å². The van der Waals surface area contributed by atoms with Crippen LogP contribution < -0.4 is 0 Å². The molecule has 4 nitrogen and oxygen atoms in total. The number of hydrogen-bond acceptors (Lipinski definition) is 3. The Kier molecular flexibility index (Phi) is 3.24. The molecular weight excluding hydrogens is 292 g/mol. The number of aromatic nitrogens is 3. The molecule has 0 aliphatic carbocycles. The highest BCUT2D eigenvalue weighted by molar-refractivity contribution is 5.98. The molecule has 0 N–H and O–H groups in total. The van der Waals surface area contributed by atoms with Crippen molar-refractivity contribution < 1.29 is 31.1 Å². The third-order valence-corrected chi connectivity index (χ3v) is 2.25. The number of benzene rings is 1. The summed E-state index contributed by atoms with van der Waals surface area (Å²) in [5.41, 5.74) is -1.78. The van der Waals surface area contributed by atoms with Crippen LogP contribution in [0.25, 0.3) is 5.69 Å². The fraction of sp³-hybridized carbons (Fsp3) is 0.100. The number of alkyl halides is 3. The average Bonchev–Trinajstić information content (AvgIpc) is 2.83. The van der Waals surface area contributed by atoms with Gasteiger partial charge < -0.3 is 0 Å². The molecule has 10 heteroatoms. The largest absolute Gasteiger partial charge is 0.456 e. The van der Waals surface area contributed by atoms with E-state index in [1.54, 1.807) is 0 Å². The molecule has 1 aromatic carbocycles. The molecule has 1 aromatic heterocycles. The zero-order chi connectivity index (χ0) is 15.1. The van der Waals surface area contributed by atoms with Crippen LogP contribution in [0.15, 0.2) is 18.3 Å². The van der Waals surface area contributed by atoms with Crippen LogP contribution in [-0.4, -0.2) is 27.0 Å². The van der Waals surface area contributed by atoms with Gasteiger partial charge in [-0.1, -0.05) is 5.21 Å². The van der Waals surface area contributed by atoms with Gasteiger partial charge in [0.05, 0.1) is 6.20 Å². The Balaban J connectivity index is 2.45. The minimum atomic E-state index is -5.17. The van der Waals surface area contributed by atoms with Gasteiger partial charge in [0.1, 0.15) is 5.69 Å². The smallest absolute Gasteiger partial charge is 0.282 e. The van der Waals surface area contributed by atoms with E-state index in [1.807, 2.05) is 0 Å². The predicted molar refractivity (Wildman–Crippen MR) is 51.6 cm³/mol. The number of halogens is 6. The summed E-state index contributed by atoms with van der Waals surface area (Å²) in [6.45, 7) is 0. The van der Waals surface area contributed by atoms with E-state index in [9.17, 15) is 31.1 Å². The maximum Gasteiger partial charge on any atom is 0.456 e. The summed E-state index contributed by atoms with van der Waals surface area (Å²) in [6, 6.07) is 1.30. The lowest BCUT2D eigenvalue weighted by atomic mass is 10.2. The van der Waals surface area contributed by atoms with E-state index in [4.69, 9.17) is 0 Å². The molecule has 0 amide bonds. The molecule has 106 valence electrons. The molecular formula is C10H3F6N3O. The van der Waals surface area contributed by atoms with Gasteiger partial charge in [-0.15, -0.1) is 5.10 Å². The Hall–Kier alpha value is -2.39. The lowest BCUT2D eigenvalue weighted by Gasteiger charge is -2.03. The molecule has 2 rings (SSSR count). The molecule has 0 unspecified atom stereocenters. The van der Waals surface area contributed by atoms with Gasteiger partial charge in [0.2, 0.25) is 0 Å². The first-order chi connectivity index (χ1) is 9.21. The normalized spacial score (nSPS) is 11.7. The fourth-order valence-electron chi connectivity index (χ4n) is 1.32. The summed E-state index contributed by atoms with van der Waals surface area (Å²) in [4.78, 5) is 10.8. The van der Waals surface area contributed by atoms with Gasteiger partial charge in [-0.3, -0.25) is 4.79 Å². The highest BCUT2D eigenvalue weighted by Gasteiger charge is 2.41. The zero-order valence-corrected chi connectivity index (χ0v) is 9.25. The zero-order valence-electron chi connectivity index (χ0n) is 9.25. The second-order valence-corrected chi connectivity index (χ2v) is 3.57. The van der Waals surface area contributed by atoms with Gasteiger partial charge in [-0.05, 0) is 12.1 Å². The van der Waals surface area contributed by atoms with Crippen molar-refractivity contribution in [2.75, 3.05) is 0 Å². The highest BCUT2D eigenvalue weighted by Crippen LogP contribution is 2.22. The summed E-state index contributed by atoms with van der Waals surface area (Å²) < 4.78 is 75.9. The first kappa shape index (κ1) is 14.0. The number of hydrogen-bond donors (Lipinski definition) is 0. The van der Waals surface area contributed by atoms with Gasteiger partial charge in [0, 0.05) is 0 Å². The van der Waals surface area contributed by atoms with E-state index in [0.717, 1.165) is 6.07 Å². The van der Waals surface area contributed by atoms with Gasteiger partial charge in [-0.25, -0.2) is 17.9 Å². The second kappa shape index (κ2) is 4.62. The molecule has 0 spiro atoms. The van der Waals surface area contributed by atoms with Crippen LogP contribution >= 0.6 is 0 Å². The highest BCUT2D eigenvalue weighted by atomic mass is 19.4. The second-order valence-electron chi connectivity index (χ2n) is 3.57. The van der Waals surface area contributed by atoms with Crippen molar-refractivity contribution in [1.29, 1.82) is 0 Å². The molecule has 0 atom stereocenters. The summed E-state index contributed by atoms with van der Waals surface area (Å²) in [7, 11) is 0. The summed E-state index contributed by atoms with van der Waals surface area (Å²) in [6.07, 6.45) is -4.71. The number of carbonyl (C=O) groups excluding carboxylic acids is 1. The topological polar surface area (TPSA) is 47.8 Å². The van der Waals surface area contributed by atoms with Crippen molar-refractivity contribution in [3.8, 4) is 5.69 Å². The van der Waals surface area contributed by atoms with Crippen LogP contribution in [0, 0.1) is 17.5 Å². The van der Waals surface area contributed by atoms with Crippen molar-refractivity contribution in [3.63, 3.8) is 0 Å². The molecule has 0 saturated carbocycles. The van der Waals surface area contributed by atoms with Crippen LogP contribution in [-0.2, 0) is 0 Å². The lowest BCUT2D eigenvalue weighted by molar-refractivity contribution is -0.0888. The van der Waals surface area contributed by atoms with Crippen LogP contribution in [0.3, 0.4) is 0 Å². The lowest BCUT2D eigenvalue weighted by Crippen LogP contribution is -2.23. The Morgan fingerprint density at radius 2 is 1.75 bits per heavy atom. The molecule has 0 aliphatic heterocycles. The van der Waals surface area contributed by atoms with E-state index in [-0.39, 0.29) is 0 Å². The molecule has 20 heavy (non-hydrogen) atoms. The van der Waals surface area contributed by atoms with Gasteiger partial charge >= 0.3 is 6.18 Å². The number of ketones is 1. The van der Waals surface area contributed by atoms with Crippen molar-refractivity contribution in [2.45, 2.75) is 6.18 Å². The van der Waals surface area contributed by atoms with Crippen molar-refractivity contribution in [3.05, 3.63) is 41.5 Å². The molecule has 0 bridgehead atoms. The van der Waals surface area contributed by atoms with E-state index in [0.29, 0.717) is 16.9 Å². The Morgan fingerprint density at radius 1 is 1.10 bits per heavy atom. The summed E-state index contributed by atoms with van der Waals surface area (Å²) in [5, 5.41) is 5.98. The van der Waals surface area contributed by atoms with Gasteiger partial charge in [0.15, 0.2) is 23.1 Å². The minimum absolute atomic E-state index is 0.400. The first-order valence-corrected chi connectivity index (χ1v) is 4.89. The van der Waals surface area contributed by atoms with E-state index in [1.165, 1.54) is 0 Å². The van der Waals surface area contributed by atoms with E-state index in [2.05, 4.69) is 10.3 Å². The average molecular weight is 295 g/mol. The molecule has 0 saturated heterocycles. The van der Waals surface area contributed by atoms with Gasteiger partial charge in [0.25, 0.3) is 5.78 Å². The number of Topliss-reactive ketones (excluding diaryl/α,β-unsaturated/α-hetero) is 1. The standard InChI is InChI=1S/C10H3F6N3O/c11-4-1-2-6(8(13)7(4)12)19-3-5(17-18-19)9(20)10(14,15)16/h1-3H. The van der Waals surface area contributed by atoms with Crippen LogP contribution in [0.5, 0.6) is 0 Å². The van der Waals surface area contributed by atoms with Crippen LogP contribution in [0.1, 0.15) is 10.5 Å². The van der Waals surface area contributed by atoms with Crippen LogP contribution in [0.4, 0.5) is 26.3 Å². The number of rotatable bonds is 2.